The molecular formula is C24H24Cl2N2O4. The average molecular weight is 475 g/mol. The maximum absolute atomic E-state index is 13.3. The number of likely N-dealkylation sites (tertiary alicyclic amines) is 1. The third kappa shape index (κ3) is 4.84. The van der Waals surface area contributed by atoms with Crippen molar-refractivity contribution in [3.05, 3.63) is 75.3 Å². The molecule has 8 heteroatoms. The molecule has 2 aromatic rings. The number of rotatable bonds is 6. The smallest absolute Gasteiger partial charge is 0.295 e. The molecule has 6 nitrogen and oxygen atoms in total. The Morgan fingerprint density at radius 2 is 1.59 bits per heavy atom. The van der Waals surface area contributed by atoms with Gasteiger partial charge in [-0.1, -0.05) is 53.2 Å². The number of quaternary nitrogens is 1. The van der Waals surface area contributed by atoms with Gasteiger partial charge in [0.2, 0.25) is 5.78 Å². The van der Waals surface area contributed by atoms with Gasteiger partial charge in [0.05, 0.1) is 25.8 Å². The summed E-state index contributed by atoms with van der Waals surface area (Å²) in [7, 11) is 0. The first kappa shape index (κ1) is 22.8. The van der Waals surface area contributed by atoms with E-state index in [1.807, 2.05) is 0 Å². The molecular weight excluding hydrogens is 451 g/mol. The number of morpholine rings is 1. The number of hydrogen-bond donors (Lipinski definition) is 1. The highest BCUT2D eigenvalue weighted by Gasteiger charge is 2.44. The quantitative estimate of drug-likeness (QED) is 0.391. The summed E-state index contributed by atoms with van der Waals surface area (Å²) in [4.78, 5) is 28.9. The predicted octanol–water partition coefficient (Wildman–Crippen LogP) is 1.52. The third-order valence-electron chi connectivity index (χ3n) is 5.95. The number of halogens is 2. The largest absolute Gasteiger partial charge is 0.872 e. The number of carbonyl (C=O) groups excluding carboxylic acids is 2. The van der Waals surface area contributed by atoms with Gasteiger partial charge in [0.1, 0.15) is 13.1 Å². The molecule has 2 fully saturated rings. The van der Waals surface area contributed by atoms with Crippen molar-refractivity contribution >= 4 is 40.7 Å². The number of nitrogens with one attached hydrogen (secondary N) is 1. The SMILES string of the molecule is O=C1C(=O)N(CCC[NH+]2CCOCC2)C(c2ccc(Cl)cc2)C1=C([O-])c1ccc(Cl)cc1. The van der Waals surface area contributed by atoms with Crippen LogP contribution in [0.15, 0.2) is 54.1 Å². The first-order chi connectivity index (χ1) is 15.5. The minimum absolute atomic E-state index is 0.0293. The molecule has 1 atom stereocenters. The Kier molecular flexibility index (Phi) is 7.16. The van der Waals surface area contributed by atoms with Crippen LogP contribution in [0.3, 0.4) is 0 Å². The second-order valence-electron chi connectivity index (χ2n) is 8.00. The topological polar surface area (TPSA) is 74.1 Å². The second-order valence-corrected chi connectivity index (χ2v) is 8.87. The summed E-state index contributed by atoms with van der Waals surface area (Å²) < 4.78 is 5.40. The summed E-state index contributed by atoms with van der Waals surface area (Å²) in [5.74, 6) is -1.84. The number of ketones is 1. The Morgan fingerprint density at radius 1 is 1.00 bits per heavy atom. The minimum atomic E-state index is -0.747. The van der Waals surface area contributed by atoms with Crippen LogP contribution in [0.25, 0.3) is 5.76 Å². The third-order valence-corrected chi connectivity index (χ3v) is 6.45. The Balaban J connectivity index is 1.66. The van der Waals surface area contributed by atoms with Gasteiger partial charge in [0.25, 0.3) is 5.91 Å². The van der Waals surface area contributed by atoms with Gasteiger partial charge in [-0.3, -0.25) is 9.59 Å². The maximum Gasteiger partial charge on any atom is 0.295 e. The molecule has 1 unspecified atom stereocenters. The van der Waals surface area contributed by atoms with Gasteiger partial charge in [-0.15, -0.1) is 0 Å². The summed E-state index contributed by atoms with van der Waals surface area (Å²) in [6.45, 7) is 4.59. The molecule has 0 aliphatic carbocycles. The van der Waals surface area contributed by atoms with E-state index in [0.29, 0.717) is 27.7 Å². The van der Waals surface area contributed by atoms with E-state index < -0.39 is 23.5 Å². The Labute approximate surface area is 197 Å². The summed E-state index contributed by atoms with van der Waals surface area (Å²) in [6, 6.07) is 12.5. The van der Waals surface area contributed by atoms with Crippen molar-refractivity contribution < 1.29 is 24.3 Å². The number of nitrogens with zero attached hydrogens (tertiary/aromatic N) is 1. The normalized spacial score (nSPS) is 21.3. The molecule has 0 saturated carbocycles. The van der Waals surface area contributed by atoms with Crippen molar-refractivity contribution in [2.45, 2.75) is 12.5 Å². The monoisotopic (exact) mass is 474 g/mol. The number of carbonyl (C=O) groups is 2. The lowest BCUT2D eigenvalue weighted by Gasteiger charge is -2.29. The van der Waals surface area contributed by atoms with Gasteiger partial charge in [0.15, 0.2) is 0 Å². The fraction of sp³-hybridized carbons (Fsp3) is 0.333. The lowest BCUT2D eigenvalue weighted by Crippen LogP contribution is -3.14. The molecule has 1 N–H and O–H groups in total. The number of benzene rings is 2. The van der Waals surface area contributed by atoms with Crippen LogP contribution in [0.2, 0.25) is 10.0 Å². The lowest BCUT2D eigenvalue weighted by molar-refractivity contribution is -0.908. The van der Waals surface area contributed by atoms with Crippen LogP contribution in [-0.2, 0) is 14.3 Å². The molecule has 2 heterocycles. The van der Waals surface area contributed by atoms with E-state index >= 15 is 0 Å². The lowest BCUT2D eigenvalue weighted by atomic mass is 9.95. The molecule has 1 amide bonds. The second kappa shape index (κ2) is 10.0. The molecule has 2 aromatic carbocycles. The van der Waals surface area contributed by atoms with Crippen LogP contribution in [0.4, 0.5) is 0 Å². The fourth-order valence-corrected chi connectivity index (χ4v) is 4.51. The zero-order valence-corrected chi connectivity index (χ0v) is 19.0. The summed E-state index contributed by atoms with van der Waals surface area (Å²) >= 11 is 12.0. The van der Waals surface area contributed by atoms with Crippen molar-refractivity contribution in [2.75, 3.05) is 39.4 Å². The van der Waals surface area contributed by atoms with Crippen molar-refractivity contribution in [3.63, 3.8) is 0 Å². The fourth-order valence-electron chi connectivity index (χ4n) is 4.26. The van der Waals surface area contributed by atoms with E-state index in [2.05, 4.69) is 0 Å². The summed E-state index contributed by atoms with van der Waals surface area (Å²) in [5, 5.41) is 14.3. The highest BCUT2D eigenvalue weighted by Crippen LogP contribution is 2.39. The summed E-state index contributed by atoms with van der Waals surface area (Å²) in [5.41, 5.74) is 0.979. The first-order valence-electron chi connectivity index (χ1n) is 10.6. The Morgan fingerprint density at radius 3 is 2.22 bits per heavy atom. The number of hydrogen-bond acceptors (Lipinski definition) is 4. The highest BCUT2D eigenvalue weighted by molar-refractivity contribution is 6.46. The van der Waals surface area contributed by atoms with Crippen LogP contribution in [0.5, 0.6) is 0 Å². The Bertz CT molecular complexity index is 1020. The zero-order valence-electron chi connectivity index (χ0n) is 17.5. The predicted molar refractivity (Wildman–Crippen MR) is 120 cm³/mol. The molecule has 168 valence electrons. The standard InChI is InChI=1S/C24H24Cl2N2O4/c25-18-6-2-16(3-7-18)21-20(22(29)17-4-8-19(26)9-5-17)23(30)24(31)28(21)11-1-10-27-12-14-32-15-13-27/h2-9,21,29H,1,10-15H2. The van der Waals surface area contributed by atoms with Gasteiger partial charge in [-0.05, 0) is 35.4 Å². The maximum atomic E-state index is 13.3. The van der Waals surface area contributed by atoms with E-state index in [1.165, 1.54) is 9.80 Å². The van der Waals surface area contributed by atoms with Crippen molar-refractivity contribution in [1.29, 1.82) is 0 Å². The molecule has 4 rings (SSSR count). The van der Waals surface area contributed by atoms with Crippen LogP contribution in [0, 0.1) is 0 Å². The van der Waals surface area contributed by atoms with Gasteiger partial charge in [0, 0.05) is 28.6 Å². The van der Waals surface area contributed by atoms with Crippen LogP contribution in [-0.4, -0.2) is 56.0 Å². The highest BCUT2D eigenvalue weighted by atomic mass is 35.5. The number of amides is 1. The van der Waals surface area contributed by atoms with Crippen molar-refractivity contribution in [3.8, 4) is 0 Å². The van der Waals surface area contributed by atoms with Gasteiger partial charge in [-0.25, -0.2) is 0 Å². The van der Waals surface area contributed by atoms with Crippen LogP contribution >= 0.6 is 23.2 Å². The van der Waals surface area contributed by atoms with E-state index in [0.717, 1.165) is 39.3 Å². The molecule has 0 bridgehead atoms. The Hall–Kier alpha value is -2.38. The van der Waals surface area contributed by atoms with Gasteiger partial charge in [-0.2, -0.15) is 0 Å². The molecule has 2 aliphatic heterocycles. The van der Waals surface area contributed by atoms with Gasteiger partial charge >= 0.3 is 0 Å². The number of Topliss-reactive ketones (excluding diaryl/α,β-unsaturated/α-hetero) is 1. The summed E-state index contributed by atoms with van der Waals surface area (Å²) in [6.07, 6.45) is 0.723. The molecule has 32 heavy (non-hydrogen) atoms. The minimum Gasteiger partial charge on any atom is -0.872 e. The van der Waals surface area contributed by atoms with Crippen molar-refractivity contribution in [1.82, 2.24) is 4.90 Å². The van der Waals surface area contributed by atoms with Gasteiger partial charge < -0.3 is 19.6 Å². The first-order valence-corrected chi connectivity index (χ1v) is 11.4. The van der Waals surface area contributed by atoms with E-state index in [-0.39, 0.29) is 5.57 Å². The average Bonchev–Trinajstić information content (AvgIpc) is 3.05. The number of ether oxygens (including phenoxy) is 1. The van der Waals surface area contributed by atoms with E-state index in [4.69, 9.17) is 27.9 Å². The molecule has 2 saturated heterocycles. The van der Waals surface area contributed by atoms with E-state index in [1.54, 1.807) is 48.5 Å². The molecule has 2 aliphatic rings. The molecule has 0 aromatic heterocycles. The van der Waals surface area contributed by atoms with Crippen molar-refractivity contribution in [2.24, 2.45) is 0 Å². The zero-order chi connectivity index (χ0) is 22.7. The van der Waals surface area contributed by atoms with Crippen LogP contribution < -0.4 is 10.0 Å². The van der Waals surface area contributed by atoms with E-state index in [9.17, 15) is 14.7 Å². The molecule has 0 spiro atoms. The van der Waals surface area contributed by atoms with Crippen LogP contribution in [0.1, 0.15) is 23.6 Å². The molecule has 0 radical (unpaired) electrons.